The second-order valence-electron chi connectivity index (χ2n) is 3.84. The van der Waals surface area contributed by atoms with E-state index in [1.54, 1.807) is 22.9 Å². The zero-order valence-electron chi connectivity index (χ0n) is 9.22. The van der Waals surface area contributed by atoms with Crippen molar-refractivity contribution in [2.24, 2.45) is 0 Å². The Morgan fingerprint density at radius 1 is 1.17 bits per heavy atom. The molecule has 0 N–H and O–H groups in total. The van der Waals surface area contributed by atoms with E-state index in [0.717, 1.165) is 21.3 Å². The van der Waals surface area contributed by atoms with Gasteiger partial charge >= 0.3 is 0 Å². The largest absolute Gasteiger partial charge is 0.245 e. The minimum absolute atomic E-state index is 0.346. The van der Waals surface area contributed by atoms with Crippen LogP contribution < -0.4 is 0 Å². The van der Waals surface area contributed by atoms with E-state index in [9.17, 15) is 4.39 Å². The van der Waals surface area contributed by atoms with Gasteiger partial charge in [0.15, 0.2) is 0 Å². The molecule has 0 atom stereocenters. The summed E-state index contributed by atoms with van der Waals surface area (Å²) in [5.41, 5.74) is 4.71. The smallest absolute Gasteiger partial charge is 0.124 e. The molecule has 3 aromatic rings. The molecule has 0 aliphatic rings. The molecule has 0 spiro atoms. The molecular weight excluding hydrogens is 247 g/mol. The summed E-state index contributed by atoms with van der Waals surface area (Å²) in [6.07, 6.45) is 0. The molecule has 2 nitrogen and oxygen atoms in total. The van der Waals surface area contributed by atoms with Gasteiger partial charge in [-0.05, 0) is 35.4 Å². The SMILES string of the molecule is N#Cc1cc(F)ccc1-c1ccc2ncsc2c1. The average molecular weight is 254 g/mol. The predicted molar refractivity (Wildman–Crippen MR) is 69.7 cm³/mol. The van der Waals surface area contributed by atoms with Gasteiger partial charge < -0.3 is 0 Å². The molecule has 0 radical (unpaired) electrons. The van der Waals surface area contributed by atoms with Crippen LogP contribution in [0.15, 0.2) is 41.9 Å². The van der Waals surface area contributed by atoms with Crippen molar-refractivity contribution in [3.8, 4) is 17.2 Å². The third kappa shape index (κ3) is 1.75. The highest BCUT2D eigenvalue weighted by atomic mass is 32.1. The molecule has 2 aromatic carbocycles. The van der Waals surface area contributed by atoms with Gasteiger partial charge in [-0.2, -0.15) is 5.26 Å². The van der Waals surface area contributed by atoms with E-state index in [4.69, 9.17) is 5.26 Å². The molecule has 0 saturated heterocycles. The normalized spacial score (nSPS) is 10.4. The minimum atomic E-state index is -0.394. The van der Waals surface area contributed by atoms with E-state index < -0.39 is 5.82 Å². The quantitative estimate of drug-likeness (QED) is 0.658. The number of nitrogens with zero attached hydrogens (tertiary/aromatic N) is 2. The van der Waals surface area contributed by atoms with Gasteiger partial charge in [0.2, 0.25) is 0 Å². The van der Waals surface area contributed by atoms with Gasteiger partial charge in [-0.1, -0.05) is 12.1 Å². The van der Waals surface area contributed by atoms with Crippen LogP contribution in [0.2, 0.25) is 0 Å². The number of hydrogen-bond acceptors (Lipinski definition) is 3. The van der Waals surface area contributed by atoms with E-state index in [-0.39, 0.29) is 0 Å². The number of aromatic nitrogens is 1. The van der Waals surface area contributed by atoms with Crippen LogP contribution in [-0.2, 0) is 0 Å². The van der Waals surface area contributed by atoms with Gasteiger partial charge in [0, 0.05) is 0 Å². The van der Waals surface area contributed by atoms with Crippen molar-refractivity contribution in [3.05, 3.63) is 53.3 Å². The van der Waals surface area contributed by atoms with Crippen molar-refractivity contribution in [2.75, 3.05) is 0 Å². The first-order chi connectivity index (χ1) is 8.78. The Morgan fingerprint density at radius 2 is 2.06 bits per heavy atom. The lowest BCUT2D eigenvalue weighted by molar-refractivity contribution is 0.627. The number of benzene rings is 2. The van der Waals surface area contributed by atoms with Crippen molar-refractivity contribution >= 4 is 21.6 Å². The number of hydrogen-bond donors (Lipinski definition) is 0. The van der Waals surface area contributed by atoms with Crippen LogP contribution >= 0.6 is 11.3 Å². The van der Waals surface area contributed by atoms with Gasteiger partial charge in [0.1, 0.15) is 5.82 Å². The van der Waals surface area contributed by atoms with Crippen molar-refractivity contribution in [1.29, 1.82) is 5.26 Å². The van der Waals surface area contributed by atoms with Crippen LogP contribution in [-0.4, -0.2) is 4.98 Å². The van der Waals surface area contributed by atoms with Gasteiger partial charge in [-0.15, -0.1) is 11.3 Å². The molecule has 1 aromatic heterocycles. The summed E-state index contributed by atoms with van der Waals surface area (Å²) in [5.74, 6) is -0.394. The molecule has 4 heteroatoms. The molecule has 0 saturated carbocycles. The van der Waals surface area contributed by atoms with Crippen molar-refractivity contribution in [2.45, 2.75) is 0 Å². The second-order valence-corrected chi connectivity index (χ2v) is 4.72. The molecule has 0 unspecified atom stereocenters. The summed E-state index contributed by atoms with van der Waals surface area (Å²) in [4.78, 5) is 4.20. The van der Waals surface area contributed by atoms with Crippen LogP contribution in [0.5, 0.6) is 0 Å². The Kier molecular flexibility index (Phi) is 2.54. The van der Waals surface area contributed by atoms with E-state index >= 15 is 0 Å². The van der Waals surface area contributed by atoms with E-state index in [1.165, 1.54) is 12.1 Å². The molecule has 86 valence electrons. The summed E-state index contributed by atoms with van der Waals surface area (Å²) in [7, 11) is 0. The number of thiazole rings is 1. The van der Waals surface area contributed by atoms with E-state index in [2.05, 4.69) is 4.98 Å². The van der Waals surface area contributed by atoms with Gasteiger partial charge in [0.05, 0.1) is 27.4 Å². The fourth-order valence-electron chi connectivity index (χ4n) is 1.88. The van der Waals surface area contributed by atoms with Crippen LogP contribution in [0.25, 0.3) is 21.3 Å². The number of fused-ring (bicyclic) bond motifs is 1. The molecular formula is C14H7FN2S. The van der Waals surface area contributed by atoms with E-state index in [0.29, 0.717) is 5.56 Å². The Morgan fingerprint density at radius 3 is 2.89 bits per heavy atom. The Hall–Kier alpha value is -2.25. The van der Waals surface area contributed by atoms with Crippen LogP contribution in [0.4, 0.5) is 4.39 Å². The number of halogens is 1. The lowest BCUT2D eigenvalue weighted by atomic mass is 10.0. The third-order valence-corrected chi connectivity index (χ3v) is 3.54. The van der Waals surface area contributed by atoms with Gasteiger partial charge in [-0.3, -0.25) is 0 Å². The molecule has 0 aliphatic heterocycles. The highest BCUT2D eigenvalue weighted by Gasteiger charge is 2.07. The van der Waals surface area contributed by atoms with Crippen LogP contribution in [0.1, 0.15) is 5.56 Å². The number of nitriles is 1. The highest BCUT2D eigenvalue weighted by Crippen LogP contribution is 2.28. The minimum Gasteiger partial charge on any atom is -0.245 e. The molecule has 0 bridgehead atoms. The summed E-state index contributed by atoms with van der Waals surface area (Å²) in [6.45, 7) is 0. The maximum Gasteiger partial charge on any atom is 0.124 e. The maximum atomic E-state index is 13.1. The Bertz CT molecular complexity index is 771. The molecule has 0 fully saturated rings. The predicted octanol–water partition coefficient (Wildman–Crippen LogP) is 3.97. The fraction of sp³-hybridized carbons (Fsp3) is 0. The molecule has 18 heavy (non-hydrogen) atoms. The summed E-state index contributed by atoms with van der Waals surface area (Å²) < 4.78 is 14.2. The van der Waals surface area contributed by atoms with E-state index in [1.807, 2.05) is 24.3 Å². The first kappa shape index (κ1) is 10.9. The zero-order chi connectivity index (χ0) is 12.5. The summed E-state index contributed by atoms with van der Waals surface area (Å²) in [5, 5.41) is 9.05. The molecule has 0 amide bonds. The first-order valence-electron chi connectivity index (χ1n) is 5.31. The third-order valence-electron chi connectivity index (χ3n) is 2.74. The fourth-order valence-corrected chi connectivity index (χ4v) is 2.60. The van der Waals surface area contributed by atoms with Gasteiger partial charge in [0.25, 0.3) is 0 Å². The lowest BCUT2D eigenvalue weighted by Gasteiger charge is -2.04. The molecule has 0 aliphatic carbocycles. The Balaban J connectivity index is 2.22. The highest BCUT2D eigenvalue weighted by molar-refractivity contribution is 7.16. The first-order valence-corrected chi connectivity index (χ1v) is 6.19. The molecule has 3 rings (SSSR count). The van der Waals surface area contributed by atoms with Crippen molar-refractivity contribution < 1.29 is 4.39 Å². The van der Waals surface area contributed by atoms with Crippen molar-refractivity contribution in [3.63, 3.8) is 0 Å². The van der Waals surface area contributed by atoms with Gasteiger partial charge in [-0.25, -0.2) is 9.37 Å². The summed E-state index contributed by atoms with van der Waals surface area (Å²) in [6, 6.07) is 12.1. The zero-order valence-corrected chi connectivity index (χ0v) is 10.0. The standard InChI is InChI=1S/C14H7FN2S/c15-11-2-3-12(10(5-11)7-16)9-1-4-13-14(6-9)18-8-17-13/h1-6,8H. The topological polar surface area (TPSA) is 36.7 Å². The second kappa shape index (κ2) is 4.21. The van der Waals surface area contributed by atoms with Crippen LogP contribution in [0, 0.1) is 17.1 Å². The maximum absolute atomic E-state index is 13.1. The lowest BCUT2D eigenvalue weighted by Crippen LogP contribution is -1.86. The monoisotopic (exact) mass is 254 g/mol. The Labute approximate surface area is 107 Å². The van der Waals surface area contributed by atoms with Crippen molar-refractivity contribution in [1.82, 2.24) is 4.98 Å². The van der Waals surface area contributed by atoms with Crippen LogP contribution in [0.3, 0.4) is 0 Å². The average Bonchev–Trinajstić information content (AvgIpc) is 2.85. The summed E-state index contributed by atoms with van der Waals surface area (Å²) >= 11 is 1.54. The number of rotatable bonds is 1. The molecule has 1 heterocycles.